The van der Waals surface area contributed by atoms with Gasteiger partial charge in [-0.1, -0.05) is 13.8 Å². The Labute approximate surface area is 106 Å². The molecule has 0 aliphatic carbocycles. The molecule has 0 heterocycles. The summed E-state index contributed by atoms with van der Waals surface area (Å²) < 4.78 is 42.3. The van der Waals surface area contributed by atoms with Gasteiger partial charge in [0.05, 0.1) is 5.60 Å². The highest BCUT2D eigenvalue weighted by Crippen LogP contribution is 2.18. The summed E-state index contributed by atoms with van der Waals surface area (Å²) >= 11 is 0. The largest absolute Gasteiger partial charge is 0.406 e. The number of hydrogen-bond acceptors (Lipinski definition) is 2. The van der Waals surface area contributed by atoms with E-state index in [9.17, 15) is 18.0 Å². The lowest BCUT2D eigenvalue weighted by atomic mass is 10.2. The molecule has 0 rings (SSSR count). The van der Waals surface area contributed by atoms with E-state index < -0.39 is 24.2 Å². The minimum atomic E-state index is -4.38. The molecule has 1 amide bonds. The minimum Gasteiger partial charge on any atom is -0.366 e. The Morgan fingerprint density at radius 3 is 2.06 bits per heavy atom. The van der Waals surface area contributed by atoms with Gasteiger partial charge < -0.3 is 9.64 Å². The van der Waals surface area contributed by atoms with Crippen LogP contribution in [0, 0.1) is 5.92 Å². The van der Waals surface area contributed by atoms with E-state index in [1.54, 1.807) is 34.6 Å². The molecular formula is C12H22F3NO2. The van der Waals surface area contributed by atoms with Crippen molar-refractivity contribution in [3.8, 4) is 0 Å². The van der Waals surface area contributed by atoms with Gasteiger partial charge in [0.25, 0.3) is 0 Å². The highest BCUT2D eigenvalue weighted by atomic mass is 19.4. The van der Waals surface area contributed by atoms with Crippen LogP contribution >= 0.6 is 0 Å². The van der Waals surface area contributed by atoms with Gasteiger partial charge in [-0.25, -0.2) is 0 Å². The van der Waals surface area contributed by atoms with E-state index in [-0.39, 0.29) is 19.1 Å². The van der Waals surface area contributed by atoms with Gasteiger partial charge in [0.15, 0.2) is 0 Å². The lowest BCUT2D eigenvalue weighted by molar-refractivity contribution is -0.167. The van der Waals surface area contributed by atoms with Crippen molar-refractivity contribution in [3.05, 3.63) is 0 Å². The lowest BCUT2D eigenvalue weighted by Gasteiger charge is -2.27. The highest BCUT2D eigenvalue weighted by molar-refractivity contribution is 5.77. The number of halogens is 3. The van der Waals surface area contributed by atoms with Gasteiger partial charge in [0, 0.05) is 6.54 Å². The van der Waals surface area contributed by atoms with Crippen LogP contribution in [0.5, 0.6) is 0 Å². The van der Waals surface area contributed by atoms with Crippen LogP contribution in [-0.4, -0.2) is 42.3 Å². The Bertz CT molecular complexity index is 269. The third-order valence-corrected chi connectivity index (χ3v) is 1.94. The van der Waals surface area contributed by atoms with Gasteiger partial charge in [-0.05, 0) is 26.7 Å². The predicted molar refractivity (Wildman–Crippen MR) is 63.2 cm³/mol. The normalized spacial score (nSPS) is 12.9. The van der Waals surface area contributed by atoms with Crippen LogP contribution in [0.4, 0.5) is 13.2 Å². The molecule has 0 atom stereocenters. The second-order valence-corrected chi connectivity index (χ2v) is 5.68. The Hall–Kier alpha value is -0.780. The monoisotopic (exact) mass is 269 g/mol. The zero-order valence-electron chi connectivity index (χ0n) is 11.6. The predicted octanol–water partition coefficient (Wildman–Crippen LogP) is 2.85. The number of rotatable bonds is 5. The fourth-order valence-electron chi connectivity index (χ4n) is 1.28. The number of carbonyl (C=O) groups excluding carboxylic acids is 1. The summed E-state index contributed by atoms with van der Waals surface area (Å²) in [4.78, 5) is 12.5. The SMILES string of the molecule is CC(C)CN(CC(F)(F)F)C(=O)COC(C)(C)C. The van der Waals surface area contributed by atoms with E-state index in [1.165, 1.54) is 0 Å². The molecule has 3 nitrogen and oxygen atoms in total. The van der Waals surface area contributed by atoms with Crippen LogP contribution in [0.25, 0.3) is 0 Å². The molecular weight excluding hydrogens is 247 g/mol. The molecule has 0 spiro atoms. The fraction of sp³-hybridized carbons (Fsp3) is 0.917. The van der Waals surface area contributed by atoms with E-state index in [0.29, 0.717) is 0 Å². The van der Waals surface area contributed by atoms with E-state index in [0.717, 1.165) is 4.90 Å². The summed E-state index contributed by atoms with van der Waals surface area (Å²) in [5.41, 5.74) is -0.544. The average molecular weight is 269 g/mol. The molecule has 0 N–H and O–H groups in total. The molecule has 0 fully saturated rings. The minimum absolute atomic E-state index is 0.0223. The second-order valence-electron chi connectivity index (χ2n) is 5.68. The maximum absolute atomic E-state index is 12.4. The summed E-state index contributed by atoms with van der Waals surface area (Å²) in [7, 11) is 0. The van der Waals surface area contributed by atoms with Gasteiger partial charge in [0.1, 0.15) is 13.2 Å². The molecule has 0 saturated heterocycles. The summed E-state index contributed by atoms with van der Waals surface area (Å²) in [6.45, 7) is 7.29. The zero-order valence-corrected chi connectivity index (χ0v) is 11.6. The van der Waals surface area contributed by atoms with E-state index in [1.807, 2.05) is 0 Å². The lowest BCUT2D eigenvalue weighted by Crippen LogP contribution is -2.43. The van der Waals surface area contributed by atoms with E-state index in [4.69, 9.17) is 4.74 Å². The van der Waals surface area contributed by atoms with Crippen molar-refractivity contribution < 1.29 is 22.7 Å². The topological polar surface area (TPSA) is 29.5 Å². The smallest absolute Gasteiger partial charge is 0.366 e. The standard InChI is InChI=1S/C12H22F3NO2/c1-9(2)6-16(8-12(13,14)15)10(17)7-18-11(3,4)5/h9H,6-8H2,1-5H3. The van der Waals surface area contributed by atoms with Gasteiger partial charge >= 0.3 is 6.18 Å². The Morgan fingerprint density at radius 2 is 1.72 bits per heavy atom. The maximum Gasteiger partial charge on any atom is 0.406 e. The van der Waals surface area contributed by atoms with E-state index in [2.05, 4.69) is 0 Å². The number of hydrogen-bond donors (Lipinski definition) is 0. The molecule has 0 aromatic heterocycles. The molecule has 0 aromatic carbocycles. The van der Waals surface area contributed by atoms with Gasteiger partial charge in [-0.3, -0.25) is 4.79 Å². The highest BCUT2D eigenvalue weighted by Gasteiger charge is 2.33. The average Bonchev–Trinajstić information content (AvgIpc) is 2.08. The number of ether oxygens (including phenoxy) is 1. The number of amides is 1. The summed E-state index contributed by atoms with van der Waals surface area (Å²) in [5, 5.41) is 0. The number of alkyl halides is 3. The van der Waals surface area contributed by atoms with Crippen LogP contribution in [0.1, 0.15) is 34.6 Å². The van der Waals surface area contributed by atoms with Crippen LogP contribution in [-0.2, 0) is 9.53 Å². The Balaban J connectivity index is 4.50. The van der Waals surface area contributed by atoms with E-state index >= 15 is 0 Å². The molecule has 0 radical (unpaired) electrons. The summed E-state index contributed by atoms with van der Waals surface area (Å²) in [5.74, 6) is -0.651. The van der Waals surface area contributed by atoms with Crippen molar-refractivity contribution in [3.63, 3.8) is 0 Å². The van der Waals surface area contributed by atoms with Gasteiger partial charge in [-0.15, -0.1) is 0 Å². The zero-order chi connectivity index (χ0) is 14.6. The first-order valence-electron chi connectivity index (χ1n) is 5.89. The molecule has 0 aliphatic heterocycles. The Morgan fingerprint density at radius 1 is 1.22 bits per heavy atom. The molecule has 0 bridgehead atoms. The van der Waals surface area contributed by atoms with Gasteiger partial charge in [-0.2, -0.15) is 13.2 Å². The molecule has 0 aromatic rings. The number of nitrogens with zero attached hydrogens (tertiary/aromatic N) is 1. The van der Waals surface area contributed by atoms with Crippen molar-refractivity contribution in [2.45, 2.75) is 46.4 Å². The third-order valence-electron chi connectivity index (χ3n) is 1.94. The van der Waals surface area contributed by atoms with Crippen LogP contribution < -0.4 is 0 Å². The molecule has 6 heteroatoms. The van der Waals surface area contributed by atoms with Crippen LogP contribution in [0.15, 0.2) is 0 Å². The molecule has 108 valence electrons. The third kappa shape index (κ3) is 9.27. The molecule has 0 saturated carbocycles. The second kappa shape index (κ2) is 6.41. The summed E-state index contributed by atoms with van der Waals surface area (Å²) in [6.07, 6.45) is -4.38. The maximum atomic E-state index is 12.4. The number of carbonyl (C=O) groups is 1. The quantitative estimate of drug-likeness (QED) is 0.768. The molecule has 0 aliphatic rings. The van der Waals surface area contributed by atoms with Crippen molar-refractivity contribution in [2.24, 2.45) is 5.92 Å². The van der Waals surface area contributed by atoms with Crippen molar-refractivity contribution in [2.75, 3.05) is 19.7 Å². The van der Waals surface area contributed by atoms with Crippen molar-refractivity contribution in [1.29, 1.82) is 0 Å². The first-order valence-corrected chi connectivity index (χ1v) is 5.89. The summed E-state index contributed by atoms with van der Waals surface area (Å²) in [6, 6.07) is 0. The van der Waals surface area contributed by atoms with Crippen molar-refractivity contribution in [1.82, 2.24) is 4.90 Å². The van der Waals surface area contributed by atoms with Crippen molar-refractivity contribution >= 4 is 5.91 Å². The fourth-order valence-corrected chi connectivity index (χ4v) is 1.28. The molecule has 18 heavy (non-hydrogen) atoms. The van der Waals surface area contributed by atoms with Crippen LogP contribution in [0.2, 0.25) is 0 Å². The molecule has 0 unspecified atom stereocenters. The first kappa shape index (κ1) is 17.2. The first-order chi connectivity index (χ1) is 7.91. The van der Waals surface area contributed by atoms with Gasteiger partial charge in [0.2, 0.25) is 5.91 Å². The van der Waals surface area contributed by atoms with Crippen LogP contribution in [0.3, 0.4) is 0 Å². The Kier molecular flexibility index (Phi) is 6.13.